The van der Waals surface area contributed by atoms with Crippen LogP contribution in [0.5, 0.6) is 5.75 Å². The van der Waals surface area contributed by atoms with Gasteiger partial charge < -0.3 is 9.64 Å². The summed E-state index contributed by atoms with van der Waals surface area (Å²) >= 11 is 0. The van der Waals surface area contributed by atoms with Crippen LogP contribution in [0.25, 0.3) is 11.3 Å². The Morgan fingerprint density at radius 1 is 1.16 bits per heavy atom. The van der Waals surface area contributed by atoms with Gasteiger partial charge in [0.15, 0.2) is 0 Å². The first-order valence-electron chi connectivity index (χ1n) is 14.5. The molecule has 2 saturated heterocycles. The molecule has 0 bridgehead atoms. The molecule has 1 aromatic heterocycles. The Labute approximate surface area is 254 Å². The van der Waals surface area contributed by atoms with Gasteiger partial charge in [0.25, 0.3) is 5.91 Å². The zero-order valence-electron chi connectivity index (χ0n) is 25.6. The molecule has 0 saturated carbocycles. The first-order valence-corrected chi connectivity index (χ1v) is 17.8. The number of ether oxygens (including phenoxy) is 1. The van der Waals surface area contributed by atoms with Gasteiger partial charge in [-0.25, -0.2) is 27.2 Å². The molecular formula is C29H42FN5O6S2. The normalized spacial score (nSPS) is 21.3. The molecule has 0 radical (unpaired) electrons. The Balaban J connectivity index is 1.68. The number of sulfonamides is 1. The molecule has 2 aliphatic heterocycles. The number of nitrogens with zero attached hydrogens (tertiary/aromatic N) is 3. The van der Waals surface area contributed by atoms with Crippen LogP contribution in [-0.4, -0.2) is 76.1 Å². The van der Waals surface area contributed by atoms with Crippen molar-refractivity contribution in [3.05, 3.63) is 41.7 Å². The molecule has 3 heterocycles. The van der Waals surface area contributed by atoms with Crippen molar-refractivity contribution in [2.24, 2.45) is 11.8 Å². The van der Waals surface area contributed by atoms with E-state index in [-0.39, 0.29) is 36.0 Å². The summed E-state index contributed by atoms with van der Waals surface area (Å²) in [6.45, 7) is 11.2. The van der Waals surface area contributed by atoms with E-state index in [9.17, 15) is 26.0 Å². The Morgan fingerprint density at radius 2 is 1.88 bits per heavy atom. The average Bonchev–Trinajstić information content (AvgIpc) is 3.17. The van der Waals surface area contributed by atoms with E-state index in [1.807, 2.05) is 32.6 Å². The van der Waals surface area contributed by atoms with Gasteiger partial charge in [-0.3, -0.25) is 4.79 Å². The number of nitrogens with one attached hydrogen (secondary N) is 2. The van der Waals surface area contributed by atoms with Crippen LogP contribution in [0.2, 0.25) is 0 Å². The van der Waals surface area contributed by atoms with Crippen LogP contribution in [-0.2, 0) is 20.2 Å². The summed E-state index contributed by atoms with van der Waals surface area (Å²) < 4.78 is 76.0. The minimum Gasteiger partial charge on any atom is -0.493 e. The summed E-state index contributed by atoms with van der Waals surface area (Å²) in [7, 11) is -7.83. The number of hydrogen-bond acceptors (Lipinski definition) is 8. The molecule has 2 aromatic rings. The van der Waals surface area contributed by atoms with Crippen LogP contribution in [0.4, 0.5) is 10.2 Å². The van der Waals surface area contributed by atoms with Crippen molar-refractivity contribution in [2.45, 2.75) is 65.5 Å². The number of halogens is 1. The molecular weight excluding hydrogens is 597 g/mol. The first-order chi connectivity index (χ1) is 19.9. The van der Waals surface area contributed by atoms with Gasteiger partial charge >= 0.3 is 10.2 Å². The second-order valence-corrected chi connectivity index (χ2v) is 16.2. The SMILES string of the molecule is CC(C)COc1cc(F)cc(-c2ccc(C(=O)NS(=O)(=O)N3CCCC(NS(C)(=O)=O)C3)c(N3CC(C)CC3(C)C)n2)c1. The predicted octanol–water partition coefficient (Wildman–Crippen LogP) is 3.54. The number of pyridine rings is 1. The number of rotatable bonds is 10. The number of benzene rings is 1. The molecule has 1 amide bonds. The van der Waals surface area contributed by atoms with E-state index >= 15 is 0 Å². The zero-order valence-corrected chi connectivity index (χ0v) is 27.2. The summed E-state index contributed by atoms with van der Waals surface area (Å²) in [5.41, 5.74) is 0.542. The Kier molecular flexibility index (Phi) is 9.74. The maximum atomic E-state index is 14.6. The lowest BCUT2D eigenvalue weighted by Crippen LogP contribution is -2.53. The molecule has 238 valence electrons. The Morgan fingerprint density at radius 3 is 2.51 bits per heavy atom. The van der Waals surface area contributed by atoms with Crippen molar-refractivity contribution < 1.29 is 30.8 Å². The van der Waals surface area contributed by atoms with Crippen molar-refractivity contribution in [1.29, 1.82) is 0 Å². The minimum absolute atomic E-state index is 0.0602. The third-order valence-corrected chi connectivity index (χ3v) is 9.74. The third-order valence-electron chi connectivity index (χ3n) is 7.53. The predicted molar refractivity (Wildman–Crippen MR) is 164 cm³/mol. The highest BCUT2D eigenvalue weighted by Crippen LogP contribution is 2.38. The van der Waals surface area contributed by atoms with Crippen LogP contribution in [0, 0.1) is 17.7 Å². The van der Waals surface area contributed by atoms with E-state index < -0.39 is 38.0 Å². The van der Waals surface area contributed by atoms with Crippen molar-refractivity contribution >= 4 is 32.0 Å². The summed E-state index contributed by atoms with van der Waals surface area (Å²) in [6, 6.07) is 6.81. The number of aromatic nitrogens is 1. The van der Waals surface area contributed by atoms with Crippen LogP contribution < -0.4 is 19.1 Å². The molecule has 0 spiro atoms. The summed E-state index contributed by atoms with van der Waals surface area (Å²) in [5.74, 6) is -0.158. The fourth-order valence-corrected chi connectivity index (χ4v) is 7.82. The van der Waals surface area contributed by atoms with Gasteiger partial charge in [0.05, 0.1) is 24.1 Å². The lowest BCUT2D eigenvalue weighted by Gasteiger charge is -2.34. The Hall–Kier alpha value is -2.81. The zero-order chi connectivity index (χ0) is 31.7. The molecule has 2 unspecified atom stereocenters. The van der Waals surface area contributed by atoms with Crippen molar-refractivity contribution in [2.75, 3.05) is 37.4 Å². The van der Waals surface area contributed by atoms with Gasteiger partial charge in [-0.15, -0.1) is 0 Å². The number of carbonyl (C=O) groups is 1. The van der Waals surface area contributed by atoms with E-state index in [2.05, 4.69) is 16.4 Å². The van der Waals surface area contributed by atoms with Gasteiger partial charge in [0, 0.05) is 42.8 Å². The molecule has 11 nitrogen and oxygen atoms in total. The van der Waals surface area contributed by atoms with E-state index in [1.54, 1.807) is 12.1 Å². The van der Waals surface area contributed by atoms with Crippen LogP contribution >= 0.6 is 0 Å². The Bertz CT molecular complexity index is 1560. The third kappa shape index (κ3) is 8.43. The van der Waals surface area contributed by atoms with Crippen molar-refractivity contribution in [1.82, 2.24) is 18.7 Å². The minimum atomic E-state index is -4.30. The number of hydrogen-bond donors (Lipinski definition) is 2. The van der Waals surface area contributed by atoms with Gasteiger partial charge in [0.1, 0.15) is 17.4 Å². The number of anilines is 1. The average molecular weight is 640 g/mol. The smallest absolute Gasteiger partial charge is 0.304 e. The van der Waals surface area contributed by atoms with Gasteiger partial charge in [-0.05, 0) is 69.2 Å². The van der Waals surface area contributed by atoms with E-state index in [0.717, 1.165) is 17.0 Å². The van der Waals surface area contributed by atoms with Gasteiger partial charge in [0.2, 0.25) is 10.0 Å². The molecule has 2 atom stereocenters. The molecule has 4 rings (SSSR count). The lowest BCUT2D eigenvalue weighted by molar-refractivity contribution is 0.0978. The topological polar surface area (TPSA) is 138 Å². The molecule has 0 aliphatic carbocycles. The standard InChI is InChI=1S/C29H42FN5O6S2/c1-19(2)18-41-24-13-21(12-22(30)14-24)26-10-9-25(27(31-26)35-16-20(3)15-29(35,4)5)28(36)33-43(39,40)34-11-7-8-23(17-34)32-42(6,37)38/h9-10,12-14,19-20,23,32H,7-8,11,15-18H2,1-6H3,(H,33,36). The fraction of sp³-hybridized carbons (Fsp3) is 0.586. The highest BCUT2D eigenvalue weighted by Gasteiger charge is 2.40. The molecule has 1 aromatic carbocycles. The van der Waals surface area contributed by atoms with Crippen LogP contribution in [0.1, 0.15) is 64.2 Å². The number of carbonyl (C=O) groups excluding carboxylic acids is 1. The highest BCUT2D eigenvalue weighted by molar-refractivity contribution is 7.88. The maximum absolute atomic E-state index is 14.6. The summed E-state index contributed by atoms with van der Waals surface area (Å²) in [4.78, 5) is 20.4. The second-order valence-electron chi connectivity index (χ2n) is 12.7. The van der Waals surface area contributed by atoms with Crippen LogP contribution in [0.3, 0.4) is 0 Å². The molecule has 2 aliphatic rings. The first kappa shape index (κ1) is 33.1. The molecule has 43 heavy (non-hydrogen) atoms. The number of piperidine rings is 1. The van der Waals surface area contributed by atoms with Crippen molar-refractivity contribution in [3.63, 3.8) is 0 Å². The molecule has 14 heteroatoms. The van der Waals surface area contributed by atoms with Crippen LogP contribution in [0.15, 0.2) is 30.3 Å². The quantitative estimate of drug-likeness (QED) is 0.403. The maximum Gasteiger partial charge on any atom is 0.304 e. The molecule has 2 N–H and O–H groups in total. The monoisotopic (exact) mass is 639 g/mol. The number of amides is 1. The largest absolute Gasteiger partial charge is 0.493 e. The lowest BCUT2D eigenvalue weighted by atomic mass is 9.97. The molecule has 2 fully saturated rings. The van der Waals surface area contributed by atoms with E-state index in [4.69, 9.17) is 9.72 Å². The summed E-state index contributed by atoms with van der Waals surface area (Å²) in [6.07, 6.45) is 2.76. The van der Waals surface area contributed by atoms with Crippen molar-refractivity contribution in [3.8, 4) is 17.0 Å². The summed E-state index contributed by atoms with van der Waals surface area (Å²) in [5, 5.41) is 0. The van der Waals surface area contributed by atoms with Gasteiger partial charge in [-0.2, -0.15) is 12.7 Å². The van der Waals surface area contributed by atoms with E-state index in [0.29, 0.717) is 48.8 Å². The van der Waals surface area contributed by atoms with E-state index in [1.165, 1.54) is 18.2 Å². The highest BCUT2D eigenvalue weighted by atomic mass is 32.2. The van der Waals surface area contributed by atoms with Gasteiger partial charge in [-0.1, -0.05) is 20.8 Å². The fourth-order valence-electron chi connectivity index (χ4n) is 5.80. The second kappa shape index (κ2) is 12.7.